The molecule has 0 bridgehead atoms. The van der Waals surface area contributed by atoms with Crippen molar-refractivity contribution < 1.29 is 14.6 Å². The Balaban J connectivity index is 1.64. The van der Waals surface area contributed by atoms with Crippen LogP contribution in [0.2, 0.25) is 0 Å². The lowest BCUT2D eigenvalue weighted by atomic mass is 10.1. The second-order valence-electron chi connectivity index (χ2n) is 5.06. The number of rotatable bonds is 9. The molecule has 118 valence electrons. The van der Waals surface area contributed by atoms with Gasteiger partial charge in [0.15, 0.2) is 0 Å². The van der Waals surface area contributed by atoms with E-state index in [2.05, 4.69) is 0 Å². The second-order valence-corrected chi connectivity index (χ2v) is 5.06. The molecule has 0 spiro atoms. The fourth-order valence-electron chi connectivity index (χ4n) is 2.06. The summed E-state index contributed by atoms with van der Waals surface area (Å²) in [5.41, 5.74) is 7.40. The second kappa shape index (κ2) is 9.20. The molecule has 0 aliphatic heterocycles. The van der Waals surface area contributed by atoms with Gasteiger partial charge in [0.1, 0.15) is 5.75 Å². The first-order chi connectivity index (χ1) is 10.8. The number of hydrogen-bond acceptors (Lipinski definition) is 4. The molecule has 22 heavy (non-hydrogen) atoms. The van der Waals surface area contributed by atoms with E-state index in [9.17, 15) is 5.11 Å². The quantitative estimate of drug-likeness (QED) is 0.699. The van der Waals surface area contributed by atoms with Gasteiger partial charge in [0.05, 0.1) is 25.9 Å². The summed E-state index contributed by atoms with van der Waals surface area (Å²) in [6.07, 6.45) is 0.175. The van der Waals surface area contributed by atoms with E-state index in [0.717, 1.165) is 17.7 Å². The molecule has 2 rings (SSSR count). The van der Waals surface area contributed by atoms with Crippen molar-refractivity contribution in [2.24, 2.45) is 5.73 Å². The fourth-order valence-corrected chi connectivity index (χ4v) is 2.06. The first kappa shape index (κ1) is 16.5. The van der Waals surface area contributed by atoms with E-state index in [1.807, 2.05) is 54.6 Å². The normalized spacial score (nSPS) is 12.1. The Kier molecular flexibility index (Phi) is 6.90. The summed E-state index contributed by atoms with van der Waals surface area (Å²) < 4.78 is 11.3. The van der Waals surface area contributed by atoms with E-state index in [-0.39, 0.29) is 6.54 Å². The van der Waals surface area contributed by atoms with E-state index in [0.29, 0.717) is 19.8 Å². The fraction of sp³-hybridized carbons (Fsp3) is 0.333. The average Bonchev–Trinajstić information content (AvgIpc) is 2.58. The largest absolute Gasteiger partial charge is 0.493 e. The van der Waals surface area contributed by atoms with Crippen LogP contribution in [0.3, 0.4) is 0 Å². The molecule has 0 amide bonds. The highest BCUT2D eigenvalue weighted by Crippen LogP contribution is 2.18. The Bertz CT molecular complexity index is 545. The molecule has 0 saturated carbocycles. The summed E-state index contributed by atoms with van der Waals surface area (Å²) in [5, 5.41) is 9.70. The van der Waals surface area contributed by atoms with Gasteiger partial charge in [0.2, 0.25) is 0 Å². The third-order valence-electron chi connectivity index (χ3n) is 3.28. The molecule has 1 unspecified atom stereocenters. The van der Waals surface area contributed by atoms with Crippen LogP contribution in [0.4, 0.5) is 0 Å². The molecule has 4 heteroatoms. The molecule has 3 N–H and O–H groups in total. The van der Waals surface area contributed by atoms with Crippen LogP contribution < -0.4 is 10.5 Å². The number of aliphatic hydroxyl groups is 1. The van der Waals surface area contributed by atoms with Gasteiger partial charge in [-0.25, -0.2) is 0 Å². The van der Waals surface area contributed by atoms with Crippen LogP contribution in [0.15, 0.2) is 54.6 Å². The number of benzene rings is 2. The monoisotopic (exact) mass is 301 g/mol. The zero-order chi connectivity index (χ0) is 15.6. The van der Waals surface area contributed by atoms with E-state index in [4.69, 9.17) is 15.2 Å². The van der Waals surface area contributed by atoms with Crippen LogP contribution in [0.1, 0.15) is 23.7 Å². The zero-order valence-electron chi connectivity index (χ0n) is 12.7. The lowest BCUT2D eigenvalue weighted by Gasteiger charge is -2.11. The lowest BCUT2D eigenvalue weighted by Crippen LogP contribution is -2.11. The van der Waals surface area contributed by atoms with Gasteiger partial charge in [-0.1, -0.05) is 42.5 Å². The van der Waals surface area contributed by atoms with E-state index in [1.54, 1.807) is 0 Å². The van der Waals surface area contributed by atoms with E-state index < -0.39 is 6.10 Å². The number of ether oxygens (including phenoxy) is 2. The predicted molar refractivity (Wildman–Crippen MR) is 86.7 cm³/mol. The molecule has 0 heterocycles. The van der Waals surface area contributed by atoms with Crippen LogP contribution >= 0.6 is 0 Å². The van der Waals surface area contributed by atoms with E-state index >= 15 is 0 Å². The molecule has 4 nitrogen and oxygen atoms in total. The molecular formula is C18H23NO3. The van der Waals surface area contributed by atoms with Crippen molar-refractivity contribution in [3.63, 3.8) is 0 Å². The highest BCUT2D eigenvalue weighted by atomic mass is 16.5. The molecular weight excluding hydrogens is 278 g/mol. The Morgan fingerprint density at radius 1 is 1.00 bits per heavy atom. The van der Waals surface area contributed by atoms with Crippen molar-refractivity contribution in [3.8, 4) is 5.75 Å². The highest BCUT2D eigenvalue weighted by Gasteiger charge is 2.05. The summed E-state index contributed by atoms with van der Waals surface area (Å²) in [5.74, 6) is 0.744. The summed E-state index contributed by atoms with van der Waals surface area (Å²) in [7, 11) is 0. The maximum atomic E-state index is 9.70. The molecule has 0 fully saturated rings. The van der Waals surface area contributed by atoms with Gasteiger partial charge in [-0.2, -0.15) is 0 Å². The standard InChI is InChI=1S/C18H23NO3/c19-13-18(20)16-8-4-9-17(12-16)22-11-5-10-21-14-15-6-2-1-3-7-15/h1-4,6-9,12,18,20H,5,10-11,13-14,19H2. The predicted octanol–water partition coefficient (Wildman–Crippen LogP) is 2.66. The van der Waals surface area contributed by atoms with Crippen LogP contribution in [0.5, 0.6) is 5.75 Å². The first-order valence-corrected chi connectivity index (χ1v) is 7.52. The summed E-state index contributed by atoms with van der Waals surface area (Å²) >= 11 is 0. The van der Waals surface area contributed by atoms with Crippen molar-refractivity contribution >= 4 is 0 Å². The van der Waals surface area contributed by atoms with Gasteiger partial charge in [0.25, 0.3) is 0 Å². The highest BCUT2D eigenvalue weighted by molar-refractivity contribution is 5.30. The van der Waals surface area contributed by atoms with Gasteiger partial charge < -0.3 is 20.3 Å². The van der Waals surface area contributed by atoms with Crippen molar-refractivity contribution in [1.82, 2.24) is 0 Å². The molecule has 0 saturated heterocycles. The Morgan fingerprint density at radius 2 is 1.82 bits per heavy atom. The topological polar surface area (TPSA) is 64.7 Å². The minimum Gasteiger partial charge on any atom is -0.493 e. The summed E-state index contributed by atoms with van der Waals surface area (Å²) in [6, 6.07) is 17.5. The van der Waals surface area contributed by atoms with Crippen molar-refractivity contribution in [2.75, 3.05) is 19.8 Å². The smallest absolute Gasteiger partial charge is 0.119 e. The van der Waals surface area contributed by atoms with Gasteiger partial charge in [-0.15, -0.1) is 0 Å². The van der Waals surface area contributed by atoms with Crippen LogP contribution in [0, 0.1) is 0 Å². The Morgan fingerprint density at radius 3 is 2.59 bits per heavy atom. The van der Waals surface area contributed by atoms with Gasteiger partial charge in [-0.3, -0.25) is 0 Å². The number of hydrogen-bond donors (Lipinski definition) is 2. The number of nitrogens with two attached hydrogens (primary N) is 1. The van der Waals surface area contributed by atoms with E-state index in [1.165, 1.54) is 5.56 Å². The zero-order valence-corrected chi connectivity index (χ0v) is 12.7. The van der Waals surface area contributed by atoms with Crippen molar-refractivity contribution in [3.05, 3.63) is 65.7 Å². The maximum absolute atomic E-state index is 9.70. The minimum absolute atomic E-state index is 0.205. The van der Waals surface area contributed by atoms with Gasteiger partial charge in [-0.05, 0) is 23.3 Å². The van der Waals surface area contributed by atoms with Crippen LogP contribution in [-0.4, -0.2) is 24.9 Å². The van der Waals surface area contributed by atoms with Crippen LogP contribution in [-0.2, 0) is 11.3 Å². The van der Waals surface area contributed by atoms with Gasteiger partial charge in [0, 0.05) is 13.0 Å². The third kappa shape index (κ3) is 5.48. The first-order valence-electron chi connectivity index (χ1n) is 7.52. The SMILES string of the molecule is NCC(O)c1cccc(OCCCOCc2ccccc2)c1. The lowest BCUT2D eigenvalue weighted by molar-refractivity contribution is 0.107. The van der Waals surface area contributed by atoms with Crippen molar-refractivity contribution in [1.29, 1.82) is 0 Å². The summed E-state index contributed by atoms with van der Waals surface area (Å²) in [4.78, 5) is 0. The molecule has 0 aliphatic rings. The molecule has 0 aromatic heterocycles. The third-order valence-corrected chi connectivity index (χ3v) is 3.28. The molecule has 0 aliphatic carbocycles. The molecule has 0 radical (unpaired) electrons. The molecule has 1 atom stereocenters. The molecule has 2 aromatic rings. The summed E-state index contributed by atoms with van der Waals surface area (Å²) in [6.45, 7) is 2.06. The Labute approximate surface area is 131 Å². The molecule has 2 aromatic carbocycles. The average molecular weight is 301 g/mol. The Hall–Kier alpha value is -1.88. The van der Waals surface area contributed by atoms with Gasteiger partial charge >= 0.3 is 0 Å². The number of aliphatic hydroxyl groups excluding tert-OH is 1. The van der Waals surface area contributed by atoms with Crippen molar-refractivity contribution in [2.45, 2.75) is 19.1 Å². The minimum atomic E-state index is -0.641. The van der Waals surface area contributed by atoms with Crippen LogP contribution in [0.25, 0.3) is 0 Å². The maximum Gasteiger partial charge on any atom is 0.119 e.